The van der Waals surface area contributed by atoms with Gasteiger partial charge in [-0.1, -0.05) is 18.2 Å². The molecule has 0 fully saturated rings. The van der Waals surface area contributed by atoms with Crippen LogP contribution < -0.4 is 14.8 Å². The molecule has 0 bridgehead atoms. The fraction of sp³-hybridized carbons (Fsp3) is 0.208. The molecule has 0 saturated carbocycles. The Hall–Kier alpha value is -3.65. The second-order valence-corrected chi connectivity index (χ2v) is 8.40. The van der Waals surface area contributed by atoms with Crippen molar-refractivity contribution in [2.75, 3.05) is 19.2 Å². The van der Waals surface area contributed by atoms with Gasteiger partial charge in [0.25, 0.3) is 5.91 Å². The van der Waals surface area contributed by atoms with Crippen LogP contribution >= 0.6 is 11.3 Å². The highest BCUT2D eigenvalue weighted by Gasteiger charge is 2.24. The van der Waals surface area contributed by atoms with Gasteiger partial charge in [-0.25, -0.2) is 4.79 Å². The van der Waals surface area contributed by atoms with Gasteiger partial charge in [-0.15, -0.1) is 11.3 Å². The molecular formula is C24H21NO6S. The second-order valence-electron chi connectivity index (χ2n) is 7.30. The number of methoxy groups -OCH3 is 1. The van der Waals surface area contributed by atoms with Gasteiger partial charge in [-0.05, 0) is 49.2 Å². The van der Waals surface area contributed by atoms with E-state index in [1.807, 2.05) is 25.1 Å². The number of thiophene rings is 1. The van der Waals surface area contributed by atoms with Crippen molar-refractivity contribution in [3.8, 4) is 11.5 Å². The lowest BCUT2D eigenvalue weighted by molar-refractivity contribution is 0.0601. The quantitative estimate of drug-likeness (QED) is 0.435. The van der Waals surface area contributed by atoms with Crippen molar-refractivity contribution < 1.29 is 28.6 Å². The summed E-state index contributed by atoms with van der Waals surface area (Å²) in [6.45, 7) is 3.50. The van der Waals surface area contributed by atoms with Crippen molar-refractivity contribution in [2.45, 2.75) is 20.3 Å². The van der Waals surface area contributed by atoms with Crippen molar-refractivity contribution in [1.82, 2.24) is 0 Å². The average Bonchev–Trinajstić information content (AvgIpc) is 3.37. The molecule has 0 radical (unpaired) electrons. The summed E-state index contributed by atoms with van der Waals surface area (Å²) >= 11 is 1.33. The highest BCUT2D eigenvalue weighted by Crippen LogP contribution is 2.37. The molecule has 3 aromatic rings. The van der Waals surface area contributed by atoms with Crippen molar-refractivity contribution in [2.24, 2.45) is 0 Å². The fourth-order valence-corrected chi connectivity index (χ4v) is 4.66. The number of ketones is 1. The number of Topliss-reactive ketones (excluding diaryl/α,β-unsaturated/α-hetero) is 1. The molecule has 0 aliphatic carbocycles. The fourth-order valence-electron chi connectivity index (χ4n) is 3.43. The van der Waals surface area contributed by atoms with Crippen LogP contribution in [0.15, 0.2) is 42.5 Å². The number of fused-ring (bicyclic) bond motifs is 1. The Balaban J connectivity index is 1.61. The predicted molar refractivity (Wildman–Crippen MR) is 120 cm³/mol. The van der Waals surface area contributed by atoms with Gasteiger partial charge in [0.15, 0.2) is 17.3 Å². The third kappa shape index (κ3) is 4.22. The molecule has 7 nitrogen and oxygen atoms in total. The zero-order valence-corrected chi connectivity index (χ0v) is 18.6. The number of rotatable bonds is 6. The minimum Gasteiger partial charge on any atom is -0.465 e. The first-order chi connectivity index (χ1) is 15.4. The Bertz CT molecular complexity index is 1210. The monoisotopic (exact) mass is 451 g/mol. The summed E-state index contributed by atoms with van der Waals surface area (Å²) in [6.07, 6.45) is 0.556. The highest BCUT2D eigenvalue weighted by atomic mass is 32.1. The second kappa shape index (κ2) is 8.84. The van der Waals surface area contributed by atoms with Crippen LogP contribution in [-0.4, -0.2) is 31.6 Å². The zero-order valence-electron chi connectivity index (χ0n) is 17.8. The molecule has 1 N–H and O–H groups in total. The molecule has 0 unspecified atom stereocenters. The molecule has 1 aliphatic rings. The molecule has 1 amide bonds. The van der Waals surface area contributed by atoms with Crippen LogP contribution in [0.1, 0.15) is 54.0 Å². The highest BCUT2D eigenvalue weighted by molar-refractivity contribution is 7.17. The molecule has 0 spiro atoms. The third-order valence-corrected chi connectivity index (χ3v) is 6.42. The van der Waals surface area contributed by atoms with Crippen LogP contribution in [0.2, 0.25) is 0 Å². The van der Waals surface area contributed by atoms with Crippen LogP contribution in [0.5, 0.6) is 11.5 Å². The van der Waals surface area contributed by atoms with Gasteiger partial charge in [0, 0.05) is 22.4 Å². The maximum atomic E-state index is 12.8. The lowest BCUT2D eigenvalue weighted by atomic mass is 10.1. The van der Waals surface area contributed by atoms with E-state index in [4.69, 9.17) is 14.2 Å². The van der Waals surface area contributed by atoms with E-state index < -0.39 is 5.97 Å². The van der Waals surface area contributed by atoms with Gasteiger partial charge >= 0.3 is 5.97 Å². The van der Waals surface area contributed by atoms with E-state index in [1.165, 1.54) is 25.4 Å². The van der Waals surface area contributed by atoms with Gasteiger partial charge in [-0.3, -0.25) is 9.59 Å². The molecule has 2 aromatic carbocycles. The Kier molecular flexibility index (Phi) is 5.96. The summed E-state index contributed by atoms with van der Waals surface area (Å²) in [5, 5.41) is 3.25. The first-order valence-electron chi connectivity index (χ1n) is 9.89. The molecular weight excluding hydrogens is 430 g/mol. The number of hydrogen-bond acceptors (Lipinski definition) is 7. The number of carbonyl (C=O) groups is 3. The Morgan fingerprint density at radius 3 is 2.41 bits per heavy atom. The molecule has 1 aliphatic heterocycles. The largest absolute Gasteiger partial charge is 0.465 e. The van der Waals surface area contributed by atoms with E-state index in [0.29, 0.717) is 39.6 Å². The summed E-state index contributed by atoms with van der Waals surface area (Å²) in [7, 11) is 1.31. The van der Waals surface area contributed by atoms with E-state index in [-0.39, 0.29) is 18.5 Å². The number of amides is 1. The number of esters is 1. The molecule has 4 rings (SSSR count). The lowest BCUT2D eigenvalue weighted by Crippen LogP contribution is -2.14. The molecule has 164 valence electrons. The Labute approximate surface area is 188 Å². The maximum absolute atomic E-state index is 12.8. The number of ether oxygens (including phenoxy) is 3. The predicted octanol–water partition coefficient (Wildman–Crippen LogP) is 4.62. The summed E-state index contributed by atoms with van der Waals surface area (Å²) in [5.41, 5.74) is 2.99. The van der Waals surface area contributed by atoms with Gasteiger partial charge in [0.1, 0.15) is 5.00 Å². The molecule has 8 heteroatoms. The minimum atomic E-state index is -0.516. The first-order valence-corrected chi connectivity index (χ1v) is 10.7. The minimum absolute atomic E-state index is 0.0769. The zero-order chi connectivity index (χ0) is 22.8. The topological polar surface area (TPSA) is 90.9 Å². The summed E-state index contributed by atoms with van der Waals surface area (Å²) in [6, 6.07) is 12.1. The van der Waals surface area contributed by atoms with E-state index >= 15 is 0 Å². The standard InChI is InChI=1S/C24H21NO6S/c1-13-20(11-15-4-9-18-19(10-15)31-12-30-18)32-23(21(13)24(28)29-3)25-22(27)17-7-5-16(6-8-17)14(2)26/h4-10H,11-12H2,1-3H3,(H,25,27). The van der Waals surface area contributed by atoms with Gasteiger partial charge < -0.3 is 19.5 Å². The molecule has 0 atom stereocenters. The van der Waals surface area contributed by atoms with Gasteiger partial charge in [-0.2, -0.15) is 0 Å². The van der Waals surface area contributed by atoms with Crippen LogP contribution in [-0.2, 0) is 11.2 Å². The number of carbonyl (C=O) groups excluding carboxylic acids is 3. The Morgan fingerprint density at radius 2 is 1.72 bits per heavy atom. The van der Waals surface area contributed by atoms with Crippen molar-refractivity contribution in [3.63, 3.8) is 0 Å². The lowest BCUT2D eigenvalue weighted by Gasteiger charge is -2.06. The average molecular weight is 452 g/mol. The third-order valence-electron chi connectivity index (χ3n) is 5.22. The SMILES string of the molecule is COC(=O)c1c(NC(=O)c2ccc(C(C)=O)cc2)sc(Cc2ccc3c(c2)OCO3)c1C. The smallest absolute Gasteiger partial charge is 0.341 e. The van der Waals surface area contributed by atoms with Gasteiger partial charge in [0.2, 0.25) is 6.79 Å². The van der Waals surface area contributed by atoms with Crippen molar-refractivity contribution >= 4 is 34.0 Å². The summed E-state index contributed by atoms with van der Waals surface area (Å²) in [5.74, 6) is 0.425. The summed E-state index contributed by atoms with van der Waals surface area (Å²) in [4.78, 5) is 37.6. The van der Waals surface area contributed by atoms with E-state index in [2.05, 4.69) is 5.32 Å². The molecule has 2 heterocycles. The van der Waals surface area contributed by atoms with E-state index in [1.54, 1.807) is 24.3 Å². The van der Waals surface area contributed by atoms with Gasteiger partial charge in [0.05, 0.1) is 12.7 Å². The number of hydrogen-bond donors (Lipinski definition) is 1. The van der Waals surface area contributed by atoms with Crippen LogP contribution in [0, 0.1) is 6.92 Å². The Morgan fingerprint density at radius 1 is 1.03 bits per heavy atom. The van der Waals surface area contributed by atoms with Crippen LogP contribution in [0.4, 0.5) is 5.00 Å². The van der Waals surface area contributed by atoms with Crippen LogP contribution in [0.3, 0.4) is 0 Å². The molecule has 0 saturated heterocycles. The van der Waals surface area contributed by atoms with Crippen molar-refractivity contribution in [3.05, 3.63) is 75.2 Å². The normalized spacial score (nSPS) is 11.8. The molecule has 32 heavy (non-hydrogen) atoms. The number of benzene rings is 2. The molecule has 1 aromatic heterocycles. The summed E-state index contributed by atoms with van der Waals surface area (Å²) < 4.78 is 15.8. The maximum Gasteiger partial charge on any atom is 0.341 e. The van der Waals surface area contributed by atoms with Crippen LogP contribution in [0.25, 0.3) is 0 Å². The first kappa shape index (κ1) is 21.6. The van der Waals surface area contributed by atoms with E-state index in [0.717, 1.165) is 16.0 Å². The number of nitrogens with one attached hydrogen (secondary N) is 1. The number of anilines is 1. The van der Waals surface area contributed by atoms with E-state index in [9.17, 15) is 14.4 Å². The van der Waals surface area contributed by atoms with Crippen molar-refractivity contribution in [1.29, 1.82) is 0 Å².